The molecule has 0 aromatic heterocycles. The highest BCUT2D eigenvalue weighted by Crippen LogP contribution is 2.23. The van der Waals surface area contributed by atoms with Crippen molar-refractivity contribution in [2.75, 3.05) is 20.3 Å². The van der Waals surface area contributed by atoms with Crippen LogP contribution in [0.15, 0.2) is 24.3 Å². The number of rotatable bonds is 8. The van der Waals surface area contributed by atoms with Gasteiger partial charge in [-0.15, -0.1) is 0 Å². The lowest BCUT2D eigenvalue weighted by atomic mass is 10.1. The molecule has 1 saturated heterocycles. The van der Waals surface area contributed by atoms with E-state index in [2.05, 4.69) is 15.4 Å². The summed E-state index contributed by atoms with van der Waals surface area (Å²) >= 11 is 0. The summed E-state index contributed by atoms with van der Waals surface area (Å²) in [5.41, 5.74) is 0.728. The van der Waals surface area contributed by atoms with Crippen LogP contribution in [0.1, 0.15) is 12.0 Å². The number of carbonyl (C=O) groups excluding carboxylic acids is 2. The maximum absolute atomic E-state index is 12.8. The van der Waals surface area contributed by atoms with E-state index in [4.69, 9.17) is 4.74 Å². The van der Waals surface area contributed by atoms with Gasteiger partial charge in [-0.1, -0.05) is 12.1 Å². The van der Waals surface area contributed by atoms with Crippen LogP contribution in [0.3, 0.4) is 0 Å². The number of nitrogens with one attached hydrogen (secondary N) is 2. The van der Waals surface area contributed by atoms with E-state index in [1.807, 2.05) is 0 Å². The Morgan fingerprint density at radius 2 is 1.77 bits per heavy atom. The minimum Gasteiger partial charge on any atom is -0.388 e. The van der Waals surface area contributed by atoms with Crippen molar-refractivity contribution in [3.8, 4) is 0 Å². The predicted molar refractivity (Wildman–Crippen MR) is 88.4 cm³/mol. The van der Waals surface area contributed by atoms with Crippen molar-refractivity contribution in [1.29, 1.82) is 0 Å². The van der Waals surface area contributed by atoms with Gasteiger partial charge in [-0.25, -0.2) is 4.39 Å². The van der Waals surface area contributed by atoms with Crippen molar-refractivity contribution in [2.24, 2.45) is 0 Å². The number of halogens is 1. The van der Waals surface area contributed by atoms with Gasteiger partial charge in [0.15, 0.2) is 0 Å². The summed E-state index contributed by atoms with van der Waals surface area (Å²) < 4.78 is 23.0. The van der Waals surface area contributed by atoms with Gasteiger partial charge in [0.2, 0.25) is 11.8 Å². The standard InChI is InChI=1S/C17H23FN2O6/c1-25-9-15(22)20-8-13-17(24)16(23)12(26-13)6-14(21)19-7-10-2-4-11(18)5-3-10/h2-5,12-13,16-17,23-24H,6-9H2,1H3,(H,19,21)(H,20,22)/t12-,13-,16-,17+/m0/s1. The molecule has 8 nitrogen and oxygen atoms in total. The zero-order chi connectivity index (χ0) is 19.1. The molecular formula is C17H23FN2O6. The fourth-order valence-electron chi connectivity index (χ4n) is 2.62. The maximum atomic E-state index is 12.8. The second-order valence-corrected chi connectivity index (χ2v) is 6.04. The zero-order valence-electron chi connectivity index (χ0n) is 14.4. The van der Waals surface area contributed by atoms with Crippen molar-refractivity contribution in [3.63, 3.8) is 0 Å². The maximum Gasteiger partial charge on any atom is 0.246 e. The Morgan fingerprint density at radius 1 is 1.12 bits per heavy atom. The van der Waals surface area contributed by atoms with Crippen LogP contribution in [0.4, 0.5) is 4.39 Å². The Labute approximate surface area is 150 Å². The number of methoxy groups -OCH3 is 1. The molecule has 2 rings (SSSR count). The van der Waals surface area contributed by atoms with Gasteiger partial charge in [-0.3, -0.25) is 9.59 Å². The fraction of sp³-hybridized carbons (Fsp3) is 0.529. The number of ether oxygens (including phenoxy) is 2. The highest BCUT2D eigenvalue weighted by Gasteiger charge is 2.43. The smallest absolute Gasteiger partial charge is 0.246 e. The van der Waals surface area contributed by atoms with E-state index in [0.717, 1.165) is 5.56 Å². The first-order chi connectivity index (χ1) is 12.4. The average Bonchev–Trinajstić information content (AvgIpc) is 2.88. The summed E-state index contributed by atoms with van der Waals surface area (Å²) in [7, 11) is 1.38. The van der Waals surface area contributed by atoms with Crippen LogP contribution in [-0.4, -0.2) is 66.7 Å². The van der Waals surface area contributed by atoms with Crippen LogP contribution in [-0.2, 0) is 25.6 Å². The van der Waals surface area contributed by atoms with Crippen molar-refractivity contribution < 1.29 is 33.7 Å². The van der Waals surface area contributed by atoms with Crippen LogP contribution < -0.4 is 10.6 Å². The van der Waals surface area contributed by atoms with Crippen molar-refractivity contribution in [3.05, 3.63) is 35.6 Å². The molecule has 0 aliphatic carbocycles. The van der Waals surface area contributed by atoms with Crippen LogP contribution in [0.5, 0.6) is 0 Å². The molecule has 1 aliphatic heterocycles. The molecule has 0 bridgehead atoms. The van der Waals surface area contributed by atoms with E-state index in [0.29, 0.717) is 0 Å². The van der Waals surface area contributed by atoms with E-state index in [9.17, 15) is 24.2 Å². The lowest BCUT2D eigenvalue weighted by Crippen LogP contribution is -2.41. The molecule has 1 heterocycles. The quantitative estimate of drug-likeness (QED) is 0.470. The molecule has 1 aromatic rings. The lowest BCUT2D eigenvalue weighted by Gasteiger charge is -2.15. The molecule has 9 heteroatoms. The van der Waals surface area contributed by atoms with Crippen LogP contribution in [0.25, 0.3) is 0 Å². The van der Waals surface area contributed by atoms with Gasteiger partial charge in [0, 0.05) is 20.2 Å². The Morgan fingerprint density at radius 3 is 2.42 bits per heavy atom. The van der Waals surface area contributed by atoms with Crippen molar-refractivity contribution in [1.82, 2.24) is 10.6 Å². The van der Waals surface area contributed by atoms with Crippen molar-refractivity contribution in [2.45, 2.75) is 37.4 Å². The average molecular weight is 370 g/mol. The third-order valence-electron chi connectivity index (χ3n) is 4.03. The molecule has 0 saturated carbocycles. The number of amides is 2. The minimum absolute atomic E-state index is 0.00583. The van der Waals surface area contributed by atoms with Gasteiger partial charge in [-0.2, -0.15) is 0 Å². The Bertz CT molecular complexity index is 612. The monoisotopic (exact) mass is 370 g/mol. The summed E-state index contributed by atoms with van der Waals surface area (Å²) in [6.07, 6.45) is -4.31. The fourth-order valence-corrected chi connectivity index (χ4v) is 2.62. The third-order valence-corrected chi connectivity index (χ3v) is 4.03. The molecule has 0 unspecified atom stereocenters. The van der Waals surface area contributed by atoms with Gasteiger partial charge in [0.1, 0.15) is 30.7 Å². The summed E-state index contributed by atoms with van der Waals surface area (Å²) in [5, 5.41) is 25.2. The second-order valence-electron chi connectivity index (χ2n) is 6.04. The number of carbonyl (C=O) groups is 2. The van der Waals surface area contributed by atoms with Gasteiger partial charge < -0.3 is 30.3 Å². The second kappa shape index (κ2) is 9.58. The largest absolute Gasteiger partial charge is 0.388 e. The molecule has 144 valence electrons. The SMILES string of the molecule is COCC(=O)NC[C@@H]1O[C@@H](CC(=O)NCc2ccc(F)cc2)[C@H](O)[C@@H]1O. The van der Waals surface area contributed by atoms with E-state index < -0.39 is 24.4 Å². The number of aliphatic hydroxyl groups excluding tert-OH is 2. The van der Waals surface area contributed by atoms with Crippen molar-refractivity contribution >= 4 is 11.8 Å². The Hall–Kier alpha value is -2.07. The van der Waals surface area contributed by atoms with E-state index >= 15 is 0 Å². The first-order valence-electron chi connectivity index (χ1n) is 8.19. The normalized spacial score (nSPS) is 25.1. The summed E-state index contributed by atoms with van der Waals surface area (Å²) in [6, 6.07) is 5.70. The predicted octanol–water partition coefficient (Wildman–Crippen LogP) is -0.916. The van der Waals surface area contributed by atoms with Gasteiger partial charge in [0.05, 0.1) is 12.5 Å². The molecule has 0 spiro atoms. The molecule has 1 fully saturated rings. The van der Waals surface area contributed by atoms with Crippen LogP contribution in [0, 0.1) is 5.82 Å². The number of hydrogen-bond donors (Lipinski definition) is 4. The zero-order valence-corrected chi connectivity index (χ0v) is 14.4. The first-order valence-corrected chi connectivity index (χ1v) is 8.19. The Balaban J connectivity index is 1.78. The van der Waals surface area contributed by atoms with E-state index in [1.165, 1.54) is 19.2 Å². The van der Waals surface area contributed by atoms with Crippen LogP contribution in [0.2, 0.25) is 0 Å². The molecule has 26 heavy (non-hydrogen) atoms. The Kier molecular flexibility index (Phi) is 7.46. The van der Waals surface area contributed by atoms with Gasteiger partial charge in [0.25, 0.3) is 0 Å². The summed E-state index contributed by atoms with van der Waals surface area (Å²) in [6.45, 7) is 0.0791. The van der Waals surface area contributed by atoms with Gasteiger partial charge in [-0.05, 0) is 17.7 Å². The highest BCUT2D eigenvalue weighted by atomic mass is 19.1. The molecule has 1 aromatic carbocycles. The molecule has 2 amide bonds. The number of benzene rings is 1. The highest BCUT2D eigenvalue weighted by molar-refractivity contribution is 5.77. The summed E-state index contributed by atoms with van der Waals surface area (Å²) in [5.74, 6) is -1.12. The molecular weight excluding hydrogens is 347 g/mol. The minimum atomic E-state index is -1.24. The number of hydrogen-bond acceptors (Lipinski definition) is 6. The van der Waals surface area contributed by atoms with E-state index in [-0.39, 0.29) is 43.7 Å². The summed E-state index contributed by atoms with van der Waals surface area (Å²) in [4.78, 5) is 23.4. The molecule has 1 aliphatic rings. The number of aliphatic hydroxyl groups is 2. The lowest BCUT2D eigenvalue weighted by molar-refractivity contribution is -0.127. The molecule has 4 N–H and O–H groups in total. The topological polar surface area (TPSA) is 117 Å². The van der Waals surface area contributed by atoms with Gasteiger partial charge >= 0.3 is 0 Å². The molecule has 4 atom stereocenters. The molecule has 0 radical (unpaired) electrons. The third kappa shape index (κ3) is 5.73. The first kappa shape index (κ1) is 20.2. The van der Waals surface area contributed by atoms with Crippen LogP contribution >= 0.6 is 0 Å². The van der Waals surface area contributed by atoms with E-state index in [1.54, 1.807) is 12.1 Å².